The minimum atomic E-state index is -0.864. The molecule has 0 atom stereocenters. The number of nitrogens with zero attached hydrogens (tertiary/aromatic N) is 1. The van der Waals surface area contributed by atoms with Gasteiger partial charge in [-0.05, 0) is 63.4 Å². The van der Waals surface area contributed by atoms with Gasteiger partial charge >= 0.3 is 11.8 Å². The lowest BCUT2D eigenvalue weighted by Crippen LogP contribution is -2.38. The van der Waals surface area contributed by atoms with Crippen molar-refractivity contribution in [1.29, 1.82) is 0 Å². The van der Waals surface area contributed by atoms with E-state index in [2.05, 4.69) is 21.2 Å². The Morgan fingerprint density at radius 2 is 1.85 bits per heavy atom. The Balaban J connectivity index is 1.76. The largest absolute Gasteiger partial charge is 0.484 e. The summed E-state index contributed by atoms with van der Waals surface area (Å²) >= 11 is 0. The molecule has 3 N–H and O–H groups in total. The fourth-order valence-corrected chi connectivity index (χ4v) is 2.86. The van der Waals surface area contributed by atoms with Crippen molar-refractivity contribution in [3.63, 3.8) is 0 Å². The molecular formula is C25H32N4O5. The second kappa shape index (κ2) is 13.7. The highest BCUT2D eigenvalue weighted by atomic mass is 16.5. The van der Waals surface area contributed by atoms with Crippen molar-refractivity contribution in [2.45, 2.75) is 40.2 Å². The lowest BCUT2D eigenvalue weighted by Gasteiger charge is -2.10. The number of carbonyl (C=O) groups excluding carboxylic acids is 3. The van der Waals surface area contributed by atoms with E-state index in [1.54, 1.807) is 24.3 Å². The van der Waals surface area contributed by atoms with Gasteiger partial charge in [-0.1, -0.05) is 29.8 Å². The molecule has 9 nitrogen and oxygen atoms in total. The number of nitrogens with one attached hydrogen (secondary N) is 3. The van der Waals surface area contributed by atoms with Crippen LogP contribution >= 0.6 is 0 Å². The molecule has 0 bridgehead atoms. The molecule has 0 spiro atoms. The first-order chi connectivity index (χ1) is 16.2. The zero-order valence-electron chi connectivity index (χ0n) is 20.0. The second-order valence-corrected chi connectivity index (χ2v) is 7.96. The highest BCUT2D eigenvalue weighted by Crippen LogP contribution is 2.16. The molecule has 0 aliphatic heterocycles. The van der Waals surface area contributed by atoms with Gasteiger partial charge in [-0.15, -0.1) is 0 Å². The molecule has 0 unspecified atom stereocenters. The number of benzene rings is 2. The van der Waals surface area contributed by atoms with Gasteiger partial charge < -0.3 is 20.1 Å². The Bertz CT molecular complexity index is 1020. The third-order valence-electron chi connectivity index (χ3n) is 4.53. The summed E-state index contributed by atoms with van der Waals surface area (Å²) in [5, 5.41) is 9.12. The van der Waals surface area contributed by atoms with Crippen LogP contribution in [0.25, 0.3) is 0 Å². The monoisotopic (exact) mass is 468 g/mol. The van der Waals surface area contributed by atoms with E-state index in [0.29, 0.717) is 30.9 Å². The molecular weight excluding hydrogens is 436 g/mol. The zero-order chi connectivity index (χ0) is 24.9. The molecule has 0 saturated heterocycles. The fourth-order valence-electron chi connectivity index (χ4n) is 2.86. The average molecular weight is 469 g/mol. The Kier molecular flexibility index (Phi) is 10.7. The van der Waals surface area contributed by atoms with Crippen LogP contribution in [-0.4, -0.2) is 49.8 Å². The van der Waals surface area contributed by atoms with E-state index in [0.717, 1.165) is 16.8 Å². The number of hydrazone groups is 1. The Labute approximate surface area is 199 Å². The molecule has 9 heteroatoms. The van der Waals surface area contributed by atoms with Gasteiger partial charge in [0.25, 0.3) is 5.91 Å². The first-order valence-electron chi connectivity index (χ1n) is 11.1. The Morgan fingerprint density at radius 1 is 1.06 bits per heavy atom. The van der Waals surface area contributed by atoms with Crippen molar-refractivity contribution in [2.24, 2.45) is 5.10 Å². The number of hydrogen-bond acceptors (Lipinski definition) is 6. The van der Waals surface area contributed by atoms with Crippen molar-refractivity contribution in [2.75, 3.05) is 25.1 Å². The predicted molar refractivity (Wildman–Crippen MR) is 131 cm³/mol. The number of aryl methyl sites for hydroxylation is 2. The zero-order valence-corrected chi connectivity index (χ0v) is 20.0. The van der Waals surface area contributed by atoms with E-state index in [4.69, 9.17) is 9.47 Å². The van der Waals surface area contributed by atoms with Crippen LogP contribution in [0.15, 0.2) is 47.6 Å². The van der Waals surface area contributed by atoms with Gasteiger partial charge in [0.2, 0.25) is 0 Å². The van der Waals surface area contributed by atoms with E-state index in [-0.39, 0.29) is 18.6 Å². The summed E-state index contributed by atoms with van der Waals surface area (Å²) in [6, 6.07) is 12.6. The van der Waals surface area contributed by atoms with Gasteiger partial charge in [-0.2, -0.15) is 5.10 Å². The molecule has 2 aromatic carbocycles. The SMILES string of the molecule is Cc1ccc(NC(=O)COc2cccc(/C=N\NC(=O)C(=O)NCCCOC(C)C)c2)c(C)c1. The quantitative estimate of drug-likeness (QED) is 0.203. The fraction of sp³-hybridized carbons (Fsp3) is 0.360. The first kappa shape index (κ1) is 26.5. The van der Waals surface area contributed by atoms with Crippen LogP contribution < -0.4 is 20.8 Å². The maximum Gasteiger partial charge on any atom is 0.329 e. The molecule has 0 fully saturated rings. The predicted octanol–water partition coefficient (Wildman–Crippen LogP) is 2.70. The van der Waals surface area contributed by atoms with Crippen molar-refractivity contribution in [3.8, 4) is 5.75 Å². The molecule has 0 aromatic heterocycles. The Morgan fingerprint density at radius 3 is 2.59 bits per heavy atom. The number of anilines is 1. The molecule has 2 rings (SSSR count). The number of rotatable bonds is 11. The molecule has 182 valence electrons. The third kappa shape index (κ3) is 9.83. The van der Waals surface area contributed by atoms with E-state index in [1.165, 1.54) is 6.21 Å². The minimum Gasteiger partial charge on any atom is -0.484 e. The van der Waals surface area contributed by atoms with E-state index in [1.807, 2.05) is 45.9 Å². The third-order valence-corrected chi connectivity index (χ3v) is 4.53. The minimum absolute atomic E-state index is 0.123. The van der Waals surface area contributed by atoms with Crippen molar-refractivity contribution < 1.29 is 23.9 Å². The maximum atomic E-state index is 12.2. The van der Waals surface area contributed by atoms with Gasteiger partial charge in [-0.25, -0.2) is 5.43 Å². The van der Waals surface area contributed by atoms with Gasteiger partial charge in [0, 0.05) is 18.8 Å². The number of amides is 3. The lowest BCUT2D eigenvalue weighted by molar-refractivity contribution is -0.139. The summed E-state index contributed by atoms with van der Waals surface area (Å²) in [5.74, 6) is -1.45. The summed E-state index contributed by atoms with van der Waals surface area (Å²) in [6.45, 7) is 8.45. The number of hydrogen-bond donors (Lipinski definition) is 3. The number of carbonyl (C=O) groups is 3. The molecule has 0 aliphatic carbocycles. The second-order valence-electron chi connectivity index (χ2n) is 7.96. The normalized spacial score (nSPS) is 10.9. The van der Waals surface area contributed by atoms with Crippen LogP contribution in [0.1, 0.15) is 37.0 Å². The molecule has 0 radical (unpaired) electrons. The smallest absolute Gasteiger partial charge is 0.329 e. The maximum absolute atomic E-state index is 12.2. The van der Waals surface area contributed by atoms with Gasteiger partial charge in [0.1, 0.15) is 5.75 Å². The van der Waals surface area contributed by atoms with E-state index < -0.39 is 11.8 Å². The van der Waals surface area contributed by atoms with Crippen LogP contribution in [-0.2, 0) is 19.1 Å². The molecule has 0 saturated carbocycles. The van der Waals surface area contributed by atoms with E-state index >= 15 is 0 Å². The van der Waals surface area contributed by atoms with Gasteiger partial charge in [-0.3, -0.25) is 14.4 Å². The molecule has 0 heterocycles. The molecule has 0 aliphatic rings. The first-order valence-corrected chi connectivity index (χ1v) is 11.1. The number of ether oxygens (including phenoxy) is 2. The van der Waals surface area contributed by atoms with Crippen molar-refractivity contribution in [3.05, 3.63) is 59.2 Å². The highest BCUT2D eigenvalue weighted by Gasteiger charge is 2.11. The lowest BCUT2D eigenvalue weighted by atomic mass is 10.1. The van der Waals surface area contributed by atoms with E-state index in [9.17, 15) is 14.4 Å². The Hall–Kier alpha value is -3.72. The highest BCUT2D eigenvalue weighted by molar-refractivity contribution is 6.35. The van der Waals surface area contributed by atoms with Crippen LogP contribution in [0.5, 0.6) is 5.75 Å². The summed E-state index contributed by atoms with van der Waals surface area (Å²) < 4.78 is 10.9. The standard InChI is InChI=1S/C25H32N4O5/c1-17(2)33-12-6-11-26-24(31)25(32)29-27-15-20-7-5-8-21(14-20)34-16-23(30)28-22-10-9-18(3)13-19(22)4/h5,7-10,13-15,17H,6,11-12,16H2,1-4H3,(H,26,31)(H,28,30)(H,29,32)/b27-15-. The molecule has 34 heavy (non-hydrogen) atoms. The topological polar surface area (TPSA) is 118 Å². The summed E-state index contributed by atoms with van der Waals surface area (Å²) in [4.78, 5) is 35.8. The summed E-state index contributed by atoms with van der Waals surface area (Å²) in [7, 11) is 0. The van der Waals surface area contributed by atoms with Crippen molar-refractivity contribution >= 4 is 29.6 Å². The summed E-state index contributed by atoms with van der Waals surface area (Å²) in [6.07, 6.45) is 2.11. The van der Waals surface area contributed by atoms with Crippen LogP contribution in [0, 0.1) is 13.8 Å². The molecule has 3 amide bonds. The van der Waals surface area contributed by atoms with Crippen molar-refractivity contribution in [1.82, 2.24) is 10.7 Å². The summed E-state index contributed by atoms with van der Waals surface area (Å²) in [5.41, 5.74) is 5.64. The van der Waals surface area contributed by atoms with Crippen LogP contribution in [0.4, 0.5) is 5.69 Å². The average Bonchev–Trinajstić information content (AvgIpc) is 2.79. The molecule has 2 aromatic rings. The van der Waals surface area contributed by atoms with Crippen LogP contribution in [0.3, 0.4) is 0 Å². The van der Waals surface area contributed by atoms with Gasteiger partial charge in [0.15, 0.2) is 6.61 Å². The van der Waals surface area contributed by atoms with Gasteiger partial charge in [0.05, 0.1) is 12.3 Å². The van der Waals surface area contributed by atoms with Crippen LogP contribution in [0.2, 0.25) is 0 Å².